The van der Waals surface area contributed by atoms with Crippen molar-refractivity contribution in [3.05, 3.63) is 36.5 Å². The summed E-state index contributed by atoms with van der Waals surface area (Å²) in [4.78, 5) is 21.3. The van der Waals surface area contributed by atoms with Crippen LogP contribution in [0.4, 0.5) is 5.95 Å². The number of rotatable bonds is 5. The molecule has 0 saturated carbocycles. The number of anilines is 1. The van der Waals surface area contributed by atoms with Crippen LogP contribution in [0, 0.1) is 5.41 Å². The summed E-state index contributed by atoms with van der Waals surface area (Å²) in [5.41, 5.74) is 1.33. The van der Waals surface area contributed by atoms with E-state index in [0.717, 1.165) is 17.0 Å². The van der Waals surface area contributed by atoms with Crippen LogP contribution >= 0.6 is 0 Å². The zero-order chi connectivity index (χ0) is 21.3. The highest BCUT2D eigenvalue weighted by molar-refractivity contribution is 5.81. The number of carbonyl (C=O) groups is 1. The van der Waals surface area contributed by atoms with Gasteiger partial charge >= 0.3 is 0 Å². The summed E-state index contributed by atoms with van der Waals surface area (Å²) in [6.45, 7) is 6.57. The topological polar surface area (TPSA) is 94.6 Å². The van der Waals surface area contributed by atoms with Gasteiger partial charge in [0, 0.05) is 17.2 Å². The molecule has 8 heteroatoms. The molecule has 1 aromatic heterocycles. The van der Waals surface area contributed by atoms with Crippen LogP contribution in [0.1, 0.15) is 20.8 Å². The van der Waals surface area contributed by atoms with Crippen molar-refractivity contribution in [1.82, 2.24) is 15.3 Å². The summed E-state index contributed by atoms with van der Waals surface area (Å²) >= 11 is 0. The Morgan fingerprint density at radius 2 is 1.73 bits per heavy atom. The number of fused-ring (bicyclic) bond motifs is 1. The first-order valence-corrected chi connectivity index (χ1v) is 10.1. The fourth-order valence-electron chi connectivity index (χ4n) is 3.65. The van der Waals surface area contributed by atoms with E-state index in [4.69, 9.17) is 14.2 Å². The molecule has 4 unspecified atom stereocenters. The molecule has 160 valence electrons. The molecule has 2 aromatic rings. The molecule has 0 bridgehead atoms. The lowest BCUT2D eigenvalue weighted by molar-refractivity contribution is -0.129. The standard InChI is InChI=1S/C22H28N4O4/c1-22(2,3)20(27)24-16-11-29-19-17(12-30-18(16)19)26-21-23-10-9-15(25-21)13-5-7-14(28-4)8-6-13/h5-10,16-19H,11-12H2,1-4H3,(H,24,27)(H,23,25,26). The Balaban J connectivity index is 1.41. The Hall–Kier alpha value is -2.71. The highest BCUT2D eigenvalue weighted by Crippen LogP contribution is 2.30. The molecule has 8 nitrogen and oxygen atoms in total. The zero-order valence-electron chi connectivity index (χ0n) is 17.7. The average molecular weight is 412 g/mol. The molecule has 2 N–H and O–H groups in total. The number of benzene rings is 1. The molecule has 4 rings (SSSR count). The number of hydrogen-bond acceptors (Lipinski definition) is 7. The zero-order valence-corrected chi connectivity index (χ0v) is 17.7. The minimum Gasteiger partial charge on any atom is -0.497 e. The fourth-order valence-corrected chi connectivity index (χ4v) is 3.65. The van der Waals surface area contributed by atoms with Crippen LogP contribution in [0.3, 0.4) is 0 Å². The van der Waals surface area contributed by atoms with Gasteiger partial charge < -0.3 is 24.8 Å². The van der Waals surface area contributed by atoms with Crippen molar-refractivity contribution in [3.63, 3.8) is 0 Å². The second-order valence-electron chi connectivity index (χ2n) is 8.67. The van der Waals surface area contributed by atoms with Crippen LogP contribution in [0.15, 0.2) is 36.5 Å². The average Bonchev–Trinajstić information content (AvgIpc) is 3.31. The number of nitrogens with zero attached hydrogens (tertiary/aromatic N) is 2. The van der Waals surface area contributed by atoms with Gasteiger partial charge in [-0.15, -0.1) is 0 Å². The summed E-state index contributed by atoms with van der Waals surface area (Å²) in [7, 11) is 1.64. The number of methoxy groups -OCH3 is 1. The molecule has 2 fully saturated rings. The number of hydrogen-bond donors (Lipinski definition) is 2. The second kappa shape index (κ2) is 8.20. The van der Waals surface area contributed by atoms with Crippen LogP contribution < -0.4 is 15.4 Å². The summed E-state index contributed by atoms with van der Waals surface area (Å²) in [5.74, 6) is 1.31. The Morgan fingerprint density at radius 1 is 1.07 bits per heavy atom. The van der Waals surface area contributed by atoms with E-state index in [2.05, 4.69) is 20.6 Å². The normalized spacial score (nSPS) is 25.6. The third-order valence-electron chi connectivity index (χ3n) is 5.41. The molecular weight excluding hydrogens is 384 g/mol. The molecule has 0 aliphatic carbocycles. The SMILES string of the molecule is COc1ccc(-c2ccnc(NC3COC4C(NC(=O)C(C)(C)C)COC34)n2)cc1. The first kappa shape index (κ1) is 20.6. The molecule has 0 radical (unpaired) electrons. The Labute approximate surface area is 176 Å². The minimum absolute atomic E-state index is 0.00714. The number of ether oxygens (including phenoxy) is 3. The molecule has 1 amide bonds. The van der Waals surface area contributed by atoms with Crippen LogP contribution in [-0.2, 0) is 14.3 Å². The monoisotopic (exact) mass is 412 g/mol. The molecule has 2 aliphatic rings. The van der Waals surface area contributed by atoms with Crippen molar-refractivity contribution in [2.24, 2.45) is 5.41 Å². The lowest BCUT2D eigenvalue weighted by Gasteiger charge is -2.23. The molecular formula is C22H28N4O4. The van der Waals surface area contributed by atoms with Crippen molar-refractivity contribution >= 4 is 11.9 Å². The number of amides is 1. The van der Waals surface area contributed by atoms with E-state index in [1.54, 1.807) is 13.3 Å². The van der Waals surface area contributed by atoms with E-state index >= 15 is 0 Å². The van der Waals surface area contributed by atoms with Crippen LogP contribution in [0.2, 0.25) is 0 Å². The molecule has 3 heterocycles. The highest BCUT2D eigenvalue weighted by Gasteiger charge is 2.48. The Kier molecular flexibility index (Phi) is 5.62. The maximum Gasteiger partial charge on any atom is 0.225 e. The minimum atomic E-state index is -0.454. The van der Waals surface area contributed by atoms with E-state index < -0.39 is 5.41 Å². The fraction of sp³-hybridized carbons (Fsp3) is 0.500. The summed E-state index contributed by atoms with van der Waals surface area (Å²) < 4.78 is 17.1. The van der Waals surface area contributed by atoms with Crippen LogP contribution in [0.25, 0.3) is 11.3 Å². The van der Waals surface area contributed by atoms with Crippen LogP contribution in [0.5, 0.6) is 5.75 Å². The third kappa shape index (κ3) is 4.24. The van der Waals surface area contributed by atoms with E-state index in [1.807, 2.05) is 51.1 Å². The van der Waals surface area contributed by atoms with Crippen LogP contribution in [-0.4, -0.2) is 60.5 Å². The van der Waals surface area contributed by atoms with E-state index in [9.17, 15) is 4.79 Å². The van der Waals surface area contributed by atoms with Crippen molar-refractivity contribution in [1.29, 1.82) is 0 Å². The lowest BCUT2D eigenvalue weighted by Crippen LogP contribution is -2.48. The van der Waals surface area contributed by atoms with Crippen molar-refractivity contribution in [2.45, 2.75) is 45.1 Å². The van der Waals surface area contributed by atoms with Gasteiger partial charge in [-0.05, 0) is 30.3 Å². The maximum absolute atomic E-state index is 12.3. The van der Waals surface area contributed by atoms with E-state index in [-0.39, 0.29) is 30.2 Å². The summed E-state index contributed by atoms with van der Waals surface area (Å²) in [5, 5.41) is 6.40. The molecule has 0 spiro atoms. The molecule has 2 aliphatic heterocycles. The van der Waals surface area contributed by atoms with Gasteiger partial charge in [0.2, 0.25) is 11.9 Å². The summed E-state index contributed by atoms with van der Waals surface area (Å²) in [6, 6.07) is 9.35. The molecule has 2 saturated heterocycles. The quantitative estimate of drug-likeness (QED) is 0.778. The predicted octanol–water partition coefficient (Wildman–Crippen LogP) is 2.26. The van der Waals surface area contributed by atoms with Gasteiger partial charge in [-0.3, -0.25) is 4.79 Å². The maximum atomic E-state index is 12.3. The number of nitrogens with one attached hydrogen (secondary N) is 2. The van der Waals surface area contributed by atoms with Gasteiger partial charge in [0.15, 0.2) is 0 Å². The molecule has 30 heavy (non-hydrogen) atoms. The third-order valence-corrected chi connectivity index (χ3v) is 5.41. The lowest BCUT2D eigenvalue weighted by atomic mass is 9.94. The number of aromatic nitrogens is 2. The van der Waals surface area contributed by atoms with Gasteiger partial charge in [0.1, 0.15) is 18.0 Å². The number of carbonyl (C=O) groups excluding carboxylic acids is 1. The van der Waals surface area contributed by atoms with Crippen molar-refractivity contribution in [2.75, 3.05) is 25.6 Å². The molecule has 1 aromatic carbocycles. The van der Waals surface area contributed by atoms with Gasteiger partial charge in [0.25, 0.3) is 0 Å². The largest absolute Gasteiger partial charge is 0.497 e. The Morgan fingerprint density at radius 3 is 2.40 bits per heavy atom. The first-order valence-electron chi connectivity index (χ1n) is 10.1. The van der Waals surface area contributed by atoms with E-state index in [0.29, 0.717) is 19.2 Å². The van der Waals surface area contributed by atoms with Gasteiger partial charge in [-0.2, -0.15) is 0 Å². The van der Waals surface area contributed by atoms with Crippen molar-refractivity contribution in [3.8, 4) is 17.0 Å². The predicted molar refractivity (Wildman–Crippen MR) is 112 cm³/mol. The van der Waals surface area contributed by atoms with Gasteiger partial charge in [0.05, 0.1) is 38.1 Å². The smallest absolute Gasteiger partial charge is 0.225 e. The Bertz CT molecular complexity index is 897. The second-order valence-corrected chi connectivity index (χ2v) is 8.67. The van der Waals surface area contributed by atoms with E-state index in [1.165, 1.54) is 0 Å². The van der Waals surface area contributed by atoms with Gasteiger partial charge in [-0.25, -0.2) is 9.97 Å². The summed E-state index contributed by atoms with van der Waals surface area (Å²) in [6.07, 6.45) is 1.38. The van der Waals surface area contributed by atoms with Gasteiger partial charge in [-0.1, -0.05) is 20.8 Å². The molecule has 4 atom stereocenters. The van der Waals surface area contributed by atoms with Crippen molar-refractivity contribution < 1.29 is 19.0 Å². The first-order chi connectivity index (χ1) is 14.3. The highest BCUT2D eigenvalue weighted by atomic mass is 16.6.